The Morgan fingerprint density at radius 3 is 2.58 bits per heavy atom. The molecule has 0 aromatic heterocycles. The van der Waals surface area contributed by atoms with Crippen LogP contribution < -0.4 is 5.32 Å². The lowest BCUT2D eigenvalue weighted by molar-refractivity contribution is 0.453. The summed E-state index contributed by atoms with van der Waals surface area (Å²) in [5.41, 5.74) is 0.846. The normalized spacial score (nSPS) is 24.0. The molecule has 0 saturated carbocycles. The number of hydrogen-bond acceptors (Lipinski definition) is 3. The summed E-state index contributed by atoms with van der Waals surface area (Å²) in [5.74, 6) is -0.0358. The lowest BCUT2D eigenvalue weighted by Gasteiger charge is -2.31. The number of rotatable bonds is 4. The van der Waals surface area contributed by atoms with Crippen molar-refractivity contribution in [3.8, 4) is 0 Å². The Hall–Kier alpha value is -0.940. The Labute approximate surface area is 114 Å². The van der Waals surface area contributed by atoms with E-state index in [-0.39, 0.29) is 17.6 Å². The molecule has 1 aliphatic rings. The molecule has 0 spiro atoms. The second-order valence-electron chi connectivity index (χ2n) is 4.99. The van der Waals surface area contributed by atoms with Crippen molar-refractivity contribution in [2.75, 3.05) is 12.3 Å². The standard InChI is InChI=1S/C14H20FNO2S/c1-2-16-14(11-6-8-12(15)9-7-11)13-5-3-4-10-19(13,17)18/h6-9,13-14,16H,2-5,10H2,1H3. The molecule has 0 aliphatic carbocycles. The van der Waals surface area contributed by atoms with Crippen LogP contribution in [0.2, 0.25) is 0 Å². The Morgan fingerprint density at radius 2 is 2.00 bits per heavy atom. The summed E-state index contributed by atoms with van der Waals surface area (Å²) in [4.78, 5) is 0. The molecule has 3 nitrogen and oxygen atoms in total. The summed E-state index contributed by atoms with van der Waals surface area (Å²) in [7, 11) is -3.06. The van der Waals surface area contributed by atoms with Crippen LogP contribution in [0.5, 0.6) is 0 Å². The van der Waals surface area contributed by atoms with Gasteiger partial charge >= 0.3 is 0 Å². The third kappa shape index (κ3) is 3.34. The van der Waals surface area contributed by atoms with Crippen molar-refractivity contribution in [1.29, 1.82) is 0 Å². The van der Waals surface area contributed by atoms with Gasteiger partial charge in [-0.05, 0) is 37.1 Å². The Bertz CT molecular complexity index is 513. The van der Waals surface area contributed by atoms with Crippen molar-refractivity contribution < 1.29 is 12.8 Å². The van der Waals surface area contributed by atoms with Crippen LogP contribution in [0.3, 0.4) is 0 Å². The van der Waals surface area contributed by atoms with E-state index in [2.05, 4.69) is 5.32 Å². The van der Waals surface area contributed by atoms with Gasteiger partial charge in [0.2, 0.25) is 0 Å². The minimum Gasteiger partial charge on any atom is -0.309 e. The summed E-state index contributed by atoms with van der Waals surface area (Å²) in [6, 6.07) is 5.87. The molecule has 19 heavy (non-hydrogen) atoms. The highest BCUT2D eigenvalue weighted by molar-refractivity contribution is 7.92. The van der Waals surface area contributed by atoms with Gasteiger partial charge in [-0.1, -0.05) is 25.5 Å². The van der Waals surface area contributed by atoms with E-state index in [1.165, 1.54) is 12.1 Å². The lowest BCUT2D eigenvalue weighted by Crippen LogP contribution is -2.40. The molecule has 1 saturated heterocycles. The quantitative estimate of drug-likeness (QED) is 0.924. The SMILES string of the molecule is CCNC(c1ccc(F)cc1)C1CCCCS1(=O)=O. The Morgan fingerprint density at radius 1 is 1.32 bits per heavy atom. The monoisotopic (exact) mass is 285 g/mol. The first kappa shape index (κ1) is 14.5. The predicted molar refractivity (Wildman–Crippen MR) is 74.2 cm³/mol. The molecule has 0 bridgehead atoms. The zero-order valence-electron chi connectivity index (χ0n) is 11.1. The van der Waals surface area contributed by atoms with E-state index in [0.29, 0.717) is 13.0 Å². The van der Waals surface area contributed by atoms with Crippen LogP contribution in [-0.2, 0) is 9.84 Å². The van der Waals surface area contributed by atoms with E-state index in [1.54, 1.807) is 12.1 Å². The third-order valence-electron chi connectivity index (χ3n) is 3.65. The first-order valence-corrected chi connectivity index (χ1v) is 8.46. The second kappa shape index (κ2) is 6.01. The molecule has 2 atom stereocenters. The first-order chi connectivity index (χ1) is 9.04. The van der Waals surface area contributed by atoms with Crippen molar-refractivity contribution in [2.24, 2.45) is 0 Å². The van der Waals surface area contributed by atoms with Crippen LogP contribution in [-0.4, -0.2) is 26.0 Å². The zero-order valence-corrected chi connectivity index (χ0v) is 11.9. The fraction of sp³-hybridized carbons (Fsp3) is 0.571. The molecule has 5 heteroatoms. The topological polar surface area (TPSA) is 46.2 Å². The van der Waals surface area contributed by atoms with Crippen LogP contribution in [0.15, 0.2) is 24.3 Å². The highest BCUT2D eigenvalue weighted by Crippen LogP contribution is 2.30. The van der Waals surface area contributed by atoms with Crippen molar-refractivity contribution in [2.45, 2.75) is 37.5 Å². The minimum atomic E-state index is -3.06. The fourth-order valence-electron chi connectivity index (χ4n) is 2.71. The van der Waals surface area contributed by atoms with Gasteiger partial charge in [0.1, 0.15) is 5.82 Å². The number of halogens is 1. The number of hydrogen-bond donors (Lipinski definition) is 1. The Kier molecular flexibility index (Phi) is 4.58. The molecule has 1 aliphatic heterocycles. The average Bonchev–Trinajstić information content (AvgIpc) is 2.37. The van der Waals surface area contributed by atoms with Gasteiger partial charge in [-0.15, -0.1) is 0 Å². The molecule has 1 aromatic carbocycles. The average molecular weight is 285 g/mol. The van der Waals surface area contributed by atoms with E-state index in [0.717, 1.165) is 18.4 Å². The summed E-state index contributed by atoms with van der Waals surface area (Å²) < 4.78 is 37.4. The van der Waals surface area contributed by atoms with Crippen LogP contribution in [0.4, 0.5) is 4.39 Å². The van der Waals surface area contributed by atoms with Gasteiger partial charge in [0.15, 0.2) is 9.84 Å². The minimum absolute atomic E-state index is 0.240. The smallest absolute Gasteiger partial charge is 0.155 e. The van der Waals surface area contributed by atoms with E-state index in [4.69, 9.17) is 0 Å². The van der Waals surface area contributed by atoms with Gasteiger partial charge in [-0.25, -0.2) is 12.8 Å². The molecule has 1 N–H and O–H groups in total. The summed E-state index contributed by atoms with van der Waals surface area (Å²) in [6.07, 6.45) is 2.37. The van der Waals surface area contributed by atoms with E-state index in [9.17, 15) is 12.8 Å². The van der Waals surface area contributed by atoms with Gasteiger partial charge in [-0.3, -0.25) is 0 Å². The molecule has 1 heterocycles. The molecule has 2 unspecified atom stereocenters. The van der Waals surface area contributed by atoms with Gasteiger partial charge in [0, 0.05) is 6.04 Å². The summed E-state index contributed by atoms with van der Waals surface area (Å²) in [6.45, 7) is 2.64. The van der Waals surface area contributed by atoms with Crippen LogP contribution in [0.25, 0.3) is 0 Å². The van der Waals surface area contributed by atoms with Crippen LogP contribution in [0.1, 0.15) is 37.8 Å². The molecule has 1 aromatic rings. The van der Waals surface area contributed by atoms with Gasteiger partial charge < -0.3 is 5.32 Å². The molecular weight excluding hydrogens is 265 g/mol. The molecule has 1 fully saturated rings. The largest absolute Gasteiger partial charge is 0.309 e. The maximum atomic E-state index is 13.0. The number of benzene rings is 1. The third-order valence-corrected chi connectivity index (χ3v) is 5.94. The molecule has 2 rings (SSSR count). The fourth-order valence-corrected chi connectivity index (χ4v) is 4.81. The molecule has 106 valence electrons. The highest BCUT2D eigenvalue weighted by Gasteiger charge is 2.35. The number of nitrogens with one attached hydrogen (secondary N) is 1. The van der Waals surface area contributed by atoms with Crippen molar-refractivity contribution in [1.82, 2.24) is 5.32 Å². The van der Waals surface area contributed by atoms with Crippen LogP contribution in [0, 0.1) is 5.82 Å². The summed E-state index contributed by atoms with van der Waals surface area (Å²) in [5, 5.41) is 2.85. The molecule has 0 radical (unpaired) electrons. The first-order valence-electron chi connectivity index (χ1n) is 6.75. The predicted octanol–water partition coefficient (Wildman–Crippen LogP) is 2.44. The molecular formula is C14H20FNO2S. The van der Waals surface area contributed by atoms with Crippen LogP contribution >= 0.6 is 0 Å². The van der Waals surface area contributed by atoms with Gasteiger partial charge in [-0.2, -0.15) is 0 Å². The lowest BCUT2D eigenvalue weighted by atomic mass is 9.99. The second-order valence-corrected chi connectivity index (χ2v) is 7.33. The van der Waals surface area contributed by atoms with E-state index < -0.39 is 15.1 Å². The van der Waals surface area contributed by atoms with E-state index >= 15 is 0 Å². The maximum absolute atomic E-state index is 13.0. The zero-order chi connectivity index (χ0) is 13.9. The van der Waals surface area contributed by atoms with Crippen molar-refractivity contribution >= 4 is 9.84 Å². The highest BCUT2D eigenvalue weighted by atomic mass is 32.2. The van der Waals surface area contributed by atoms with Crippen molar-refractivity contribution in [3.05, 3.63) is 35.6 Å². The number of sulfone groups is 1. The Balaban J connectivity index is 2.31. The van der Waals surface area contributed by atoms with Gasteiger partial charge in [0.05, 0.1) is 11.0 Å². The van der Waals surface area contributed by atoms with E-state index in [1.807, 2.05) is 6.92 Å². The van der Waals surface area contributed by atoms with Crippen molar-refractivity contribution in [3.63, 3.8) is 0 Å². The molecule has 0 amide bonds. The maximum Gasteiger partial charge on any atom is 0.155 e. The van der Waals surface area contributed by atoms with Gasteiger partial charge in [0.25, 0.3) is 0 Å². The summed E-state index contributed by atoms with van der Waals surface area (Å²) >= 11 is 0.